The average Bonchev–Trinajstić information content (AvgIpc) is 2.51. The highest BCUT2D eigenvalue weighted by atomic mass is 16.5. The summed E-state index contributed by atoms with van der Waals surface area (Å²) in [5, 5.41) is 2.94. The van der Waals surface area contributed by atoms with Crippen molar-refractivity contribution in [3.63, 3.8) is 0 Å². The average molecular weight is 337 g/mol. The summed E-state index contributed by atoms with van der Waals surface area (Å²) in [5.41, 5.74) is 0.431. The maximum Gasteiger partial charge on any atom is 0.341 e. The van der Waals surface area contributed by atoms with Crippen LogP contribution < -0.4 is 10.1 Å². The molecule has 0 aromatic heterocycles. The summed E-state index contributed by atoms with van der Waals surface area (Å²) in [5.74, 6) is -0.317. The number of benzene rings is 1. The minimum absolute atomic E-state index is 0.0954. The highest BCUT2D eigenvalue weighted by Gasteiger charge is 2.23. The summed E-state index contributed by atoms with van der Waals surface area (Å²) in [6.07, 6.45) is 0.192. The molecular formula is C18H27NO5. The van der Waals surface area contributed by atoms with Gasteiger partial charge in [-0.1, -0.05) is 12.1 Å². The van der Waals surface area contributed by atoms with Crippen LogP contribution in [0.5, 0.6) is 5.75 Å². The maximum absolute atomic E-state index is 12.4. The van der Waals surface area contributed by atoms with Crippen molar-refractivity contribution in [2.75, 3.05) is 20.8 Å². The summed E-state index contributed by atoms with van der Waals surface area (Å²) < 4.78 is 15.6. The number of ether oxygens (including phenoxy) is 3. The van der Waals surface area contributed by atoms with Gasteiger partial charge in [0.2, 0.25) is 5.91 Å². The lowest BCUT2D eigenvalue weighted by Gasteiger charge is -2.27. The van der Waals surface area contributed by atoms with E-state index in [0.29, 0.717) is 23.5 Å². The number of rotatable bonds is 8. The van der Waals surface area contributed by atoms with Crippen LogP contribution in [0.25, 0.3) is 0 Å². The molecule has 0 unspecified atom stereocenters. The minimum atomic E-state index is -0.500. The zero-order valence-corrected chi connectivity index (χ0v) is 15.3. The van der Waals surface area contributed by atoms with Crippen LogP contribution >= 0.6 is 0 Å². The standard InChI is InChI=1S/C18H27NO5/c1-12(2)24-11-18(3,4)19-15(20)10-13-8-7-9-14(16(13)22-5)17(21)23-6/h7-9,12H,10-11H2,1-6H3,(H,19,20). The lowest BCUT2D eigenvalue weighted by molar-refractivity contribution is -0.123. The molecule has 0 spiro atoms. The van der Waals surface area contributed by atoms with E-state index in [2.05, 4.69) is 5.32 Å². The van der Waals surface area contributed by atoms with E-state index in [9.17, 15) is 9.59 Å². The Morgan fingerprint density at radius 1 is 1.21 bits per heavy atom. The Labute approximate surface area is 143 Å². The van der Waals surface area contributed by atoms with E-state index in [4.69, 9.17) is 14.2 Å². The molecule has 0 aliphatic heterocycles. The first-order chi connectivity index (χ1) is 11.2. The Kier molecular flexibility index (Phi) is 7.22. The first-order valence-corrected chi connectivity index (χ1v) is 7.87. The predicted octanol–water partition coefficient (Wildman–Crippen LogP) is 2.34. The topological polar surface area (TPSA) is 73.9 Å². The molecule has 6 nitrogen and oxygen atoms in total. The molecule has 0 saturated carbocycles. The fourth-order valence-corrected chi connectivity index (χ4v) is 2.24. The molecule has 0 atom stereocenters. The SMILES string of the molecule is COC(=O)c1cccc(CC(=O)NC(C)(C)COC(C)C)c1OC. The van der Waals surface area contributed by atoms with Crippen LogP contribution in [0.3, 0.4) is 0 Å². The highest BCUT2D eigenvalue weighted by molar-refractivity contribution is 5.93. The van der Waals surface area contributed by atoms with Gasteiger partial charge in [-0.3, -0.25) is 4.79 Å². The molecule has 1 aromatic rings. The van der Waals surface area contributed by atoms with Gasteiger partial charge >= 0.3 is 5.97 Å². The molecule has 0 bridgehead atoms. The van der Waals surface area contributed by atoms with Gasteiger partial charge in [-0.25, -0.2) is 4.79 Å². The lowest BCUT2D eigenvalue weighted by atomic mass is 10.0. The third-order valence-corrected chi connectivity index (χ3v) is 3.31. The first-order valence-electron chi connectivity index (χ1n) is 7.87. The number of nitrogens with one attached hydrogen (secondary N) is 1. The predicted molar refractivity (Wildman–Crippen MR) is 91.3 cm³/mol. The molecule has 1 aromatic carbocycles. The second kappa shape index (κ2) is 8.68. The monoisotopic (exact) mass is 337 g/mol. The van der Waals surface area contributed by atoms with Gasteiger partial charge in [-0.05, 0) is 33.8 Å². The van der Waals surface area contributed by atoms with E-state index in [1.807, 2.05) is 27.7 Å². The minimum Gasteiger partial charge on any atom is -0.496 e. The van der Waals surface area contributed by atoms with Crippen molar-refractivity contribution in [2.45, 2.75) is 45.8 Å². The lowest BCUT2D eigenvalue weighted by Crippen LogP contribution is -2.48. The summed E-state index contributed by atoms with van der Waals surface area (Å²) in [6, 6.07) is 5.05. The molecule has 0 saturated heterocycles. The maximum atomic E-state index is 12.4. The van der Waals surface area contributed by atoms with E-state index in [-0.39, 0.29) is 18.4 Å². The molecule has 0 aliphatic carbocycles. The van der Waals surface area contributed by atoms with Crippen LogP contribution in [-0.4, -0.2) is 44.3 Å². The molecule has 0 heterocycles. The summed E-state index contributed by atoms with van der Waals surface area (Å²) >= 11 is 0. The Morgan fingerprint density at radius 3 is 2.42 bits per heavy atom. The number of para-hydroxylation sites is 1. The Balaban J connectivity index is 2.85. The number of esters is 1. The Morgan fingerprint density at radius 2 is 1.88 bits per heavy atom. The normalized spacial score (nSPS) is 11.3. The van der Waals surface area contributed by atoms with Crippen molar-refractivity contribution >= 4 is 11.9 Å². The van der Waals surface area contributed by atoms with Crippen LogP contribution in [0.4, 0.5) is 0 Å². The molecular weight excluding hydrogens is 310 g/mol. The van der Waals surface area contributed by atoms with E-state index >= 15 is 0 Å². The molecule has 1 amide bonds. The van der Waals surface area contributed by atoms with Crippen molar-refractivity contribution < 1.29 is 23.8 Å². The smallest absolute Gasteiger partial charge is 0.341 e. The molecule has 0 aliphatic rings. The van der Waals surface area contributed by atoms with Crippen molar-refractivity contribution in [1.82, 2.24) is 5.32 Å². The summed E-state index contributed by atoms with van der Waals surface area (Å²) in [6.45, 7) is 8.10. The quantitative estimate of drug-likeness (QED) is 0.737. The molecule has 134 valence electrons. The Hall–Kier alpha value is -2.08. The second-order valence-corrected chi connectivity index (χ2v) is 6.46. The molecule has 0 fully saturated rings. The fraction of sp³-hybridized carbons (Fsp3) is 0.556. The van der Waals surface area contributed by atoms with Crippen molar-refractivity contribution in [3.05, 3.63) is 29.3 Å². The Bertz CT molecular complexity index is 581. The number of methoxy groups -OCH3 is 2. The number of hydrogen-bond donors (Lipinski definition) is 1. The molecule has 1 rings (SSSR count). The summed E-state index contributed by atoms with van der Waals surface area (Å²) in [7, 11) is 2.77. The molecule has 0 radical (unpaired) electrons. The third kappa shape index (κ3) is 5.85. The van der Waals surface area contributed by atoms with E-state index in [1.165, 1.54) is 14.2 Å². The largest absolute Gasteiger partial charge is 0.496 e. The van der Waals surface area contributed by atoms with Gasteiger partial charge in [-0.15, -0.1) is 0 Å². The van der Waals surface area contributed by atoms with Crippen LogP contribution in [0.2, 0.25) is 0 Å². The van der Waals surface area contributed by atoms with Crippen molar-refractivity contribution in [1.29, 1.82) is 0 Å². The van der Waals surface area contributed by atoms with Gasteiger partial charge in [0.05, 0.1) is 38.9 Å². The van der Waals surface area contributed by atoms with E-state index < -0.39 is 11.5 Å². The number of carbonyl (C=O) groups excluding carboxylic acids is 2. The van der Waals surface area contributed by atoms with Crippen LogP contribution in [-0.2, 0) is 20.7 Å². The number of hydrogen-bond acceptors (Lipinski definition) is 5. The van der Waals surface area contributed by atoms with Crippen molar-refractivity contribution in [2.24, 2.45) is 0 Å². The zero-order valence-electron chi connectivity index (χ0n) is 15.3. The fourth-order valence-electron chi connectivity index (χ4n) is 2.24. The van der Waals surface area contributed by atoms with Crippen LogP contribution in [0.15, 0.2) is 18.2 Å². The summed E-state index contributed by atoms with van der Waals surface area (Å²) in [4.78, 5) is 24.1. The van der Waals surface area contributed by atoms with Gasteiger partial charge in [0.1, 0.15) is 11.3 Å². The van der Waals surface area contributed by atoms with Gasteiger partial charge in [0.25, 0.3) is 0 Å². The van der Waals surface area contributed by atoms with E-state index in [1.54, 1.807) is 18.2 Å². The molecule has 6 heteroatoms. The van der Waals surface area contributed by atoms with Crippen LogP contribution in [0.1, 0.15) is 43.6 Å². The van der Waals surface area contributed by atoms with Gasteiger partial charge in [0, 0.05) is 5.56 Å². The number of amides is 1. The van der Waals surface area contributed by atoms with Gasteiger partial charge in [-0.2, -0.15) is 0 Å². The van der Waals surface area contributed by atoms with Gasteiger partial charge in [0.15, 0.2) is 0 Å². The van der Waals surface area contributed by atoms with Gasteiger partial charge < -0.3 is 19.5 Å². The third-order valence-electron chi connectivity index (χ3n) is 3.31. The molecule has 24 heavy (non-hydrogen) atoms. The van der Waals surface area contributed by atoms with Crippen molar-refractivity contribution in [3.8, 4) is 5.75 Å². The van der Waals surface area contributed by atoms with E-state index in [0.717, 1.165) is 0 Å². The second-order valence-electron chi connectivity index (χ2n) is 6.46. The van der Waals surface area contributed by atoms with Crippen LogP contribution in [0, 0.1) is 0 Å². The zero-order chi connectivity index (χ0) is 18.3. The molecule has 1 N–H and O–H groups in total. The highest BCUT2D eigenvalue weighted by Crippen LogP contribution is 2.25. The first kappa shape index (κ1) is 20.0. The number of carbonyl (C=O) groups is 2.